The van der Waals surface area contributed by atoms with Gasteiger partial charge in [-0.2, -0.15) is 5.26 Å². The molecule has 0 spiro atoms. The summed E-state index contributed by atoms with van der Waals surface area (Å²) in [5, 5.41) is 14.7. The van der Waals surface area contributed by atoms with Crippen LogP contribution in [0.15, 0.2) is 36.0 Å². The molecule has 1 atom stereocenters. The van der Waals surface area contributed by atoms with Crippen molar-refractivity contribution in [3.8, 4) is 6.07 Å². The molecule has 0 saturated heterocycles. The quantitative estimate of drug-likeness (QED) is 0.458. The summed E-state index contributed by atoms with van der Waals surface area (Å²) in [5.74, 6) is -0.856. The van der Waals surface area contributed by atoms with Crippen molar-refractivity contribution in [2.24, 2.45) is 0 Å². The second kappa shape index (κ2) is 9.26. The highest BCUT2D eigenvalue weighted by Gasteiger charge is 2.10. The van der Waals surface area contributed by atoms with Crippen molar-refractivity contribution in [1.29, 1.82) is 5.26 Å². The van der Waals surface area contributed by atoms with Crippen LogP contribution in [-0.4, -0.2) is 24.5 Å². The molecular formula is C17H21N3O3. The molecule has 0 fully saturated rings. The molecule has 0 aliphatic rings. The van der Waals surface area contributed by atoms with Gasteiger partial charge in [0.2, 0.25) is 0 Å². The first kappa shape index (κ1) is 18.2. The number of esters is 1. The standard InChI is InChI=1S/C17H21N3O3/c1-4-12(3)20-16(21)13-7-6-8-15(9-13)19-11-14(10-18)17(22)23-5-2/h6-9,11-12,19H,4-5H2,1-3H3,(H,20,21)/b14-11-. The van der Waals surface area contributed by atoms with Crippen molar-refractivity contribution >= 4 is 17.6 Å². The highest BCUT2D eigenvalue weighted by atomic mass is 16.5. The Bertz CT molecular complexity index is 632. The molecular weight excluding hydrogens is 294 g/mol. The van der Waals surface area contributed by atoms with E-state index in [1.165, 1.54) is 6.20 Å². The van der Waals surface area contributed by atoms with E-state index in [9.17, 15) is 9.59 Å². The number of rotatable bonds is 7. The molecule has 1 aromatic rings. The van der Waals surface area contributed by atoms with Gasteiger partial charge in [-0.1, -0.05) is 13.0 Å². The third kappa shape index (κ3) is 5.83. The van der Waals surface area contributed by atoms with E-state index in [0.717, 1.165) is 6.42 Å². The molecule has 0 aliphatic carbocycles. The summed E-state index contributed by atoms with van der Waals surface area (Å²) in [4.78, 5) is 23.6. The molecule has 0 radical (unpaired) electrons. The van der Waals surface area contributed by atoms with Gasteiger partial charge in [0.1, 0.15) is 6.07 Å². The van der Waals surface area contributed by atoms with E-state index in [1.807, 2.05) is 13.8 Å². The van der Waals surface area contributed by atoms with Crippen molar-refractivity contribution in [2.45, 2.75) is 33.2 Å². The van der Waals surface area contributed by atoms with Gasteiger partial charge in [0.15, 0.2) is 5.57 Å². The average Bonchev–Trinajstić information content (AvgIpc) is 2.55. The van der Waals surface area contributed by atoms with Gasteiger partial charge in [0.05, 0.1) is 6.61 Å². The van der Waals surface area contributed by atoms with Crippen molar-refractivity contribution in [3.63, 3.8) is 0 Å². The van der Waals surface area contributed by atoms with E-state index < -0.39 is 5.97 Å². The lowest BCUT2D eigenvalue weighted by molar-refractivity contribution is -0.138. The van der Waals surface area contributed by atoms with Crippen LogP contribution in [0.25, 0.3) is 0 Å². The first-order valence-corrected chi connectivity index (χ1v) is 7.46. The summed E-state index contributed by atoms with van der Waals surface area (Å²) < 4.78 is 4.77. The van der Waals surface area contributed by atoms with Gasteiger partial charge < -0.3 is 15.4 Å². The number of nitrogens with one attached hydrogen (secondary N) is 2. The number of anilines is 1. The number of amides is 1. The van der Waals surface area contributed by atoms with Crippen molar-refractivity contribution < 1.29 is 14.3 Å². The van der Waals surface area contributed by atoms with Gasteiger partial charge in [0, 0.05) is 23.5 Å². The Hall–Kier alpha value is -2.81. The lowest BCUT2D eigenvalue weighted by Gasteiger charge is -2.12. The maximum absolute atomic E-state index is 12.1. The van der Waals surface area contributed by atoms with Crippen LogP contribution in [0.2, 0.25) is 0 Å². The highest BCUT2D eigenvalue weighted by Crippen LogP contribution is 2.12. The Morgan fingerprint density at radius 1 is 1.39 bits per heavy atom. The zero-order valence-electron chi connectivity index (χ0n) is 13.6. The third-order valence-corrected chi connectivity index (χ3v) is 3.11. The minimum atomic E-state index is -0.687. The normalized spacial score (nSPS) is 12.0. The van der Waals surface area contributed by atoms with E-state index in [0.29, 0.717) is 11.3 Å². The van der Waals surface area contributed by atoms with Gasteiger partial charge in [-0.25, -0.2) is 4.79 Å². The third-order valence-electron chi connectivity index (χ3n) is 3.11. The summed E-state index contributed by atoms with van der Waals surface area (Å²) >= 11 is 0. The summed E-state index contributed by atoms with van der Waals surface area (Å²) in [6, 6.07) is 8.66. The van der Waals surface area contributed by atoms with Crippen LogP contribution in [0.5, 0.6) is 0 Å². The Morgan fingerprint density at radius 3 is 2.74 bits per heavy atom. The summed E-state index contributed by atoms with van der Waals surface area (Å²) in [6.45, 7) is 5.79. The Balaban J connectivity index is 2.83. The number of nitriles is 1. The molecule has 23 heavy (non-hydrogen) atoms. The molecule has 6 heteroatoms. The van der Waals surface area contributed by atoms with Crippen molar-refractivity contribution in [2.75, 3.05) is 11.9 Å². The predicted molar refractivity (Wildman–Crippen MR) is 87.6 cm³/mol. The molecule has 0 aromatic heterocycles. The predicted octanol–water partition coefficient (Wildman–Crippen LogP) is 2.60. The average molecular weight is 315 g/mol. The second-order valence-corrected chi connectivity index (χ2v) is 4.90. The Morgan fingerprint density at radius 2 is 2.13 bits per heavy atom. The van der Waals surface area contributed by atoms with Crippen LogP contribution in [0.3, 0.4) is 0 Å². The second-order valence-electron chi connectivity index (χ2n) is 4.90. The largest absolute Gasteiger partial charge is 0.462 e. The molecule has 0 bridgehead atoms. The van der Waals surface area contributed by atoms with Crippen LogP contribution in [0.4, 0.5) is 5.69 Å². The zero-order valence-corrected chi connectivity index (χ0v) is 13.6. The fourth-order valence-corrected chi connectivity index (χ4v) is 1.66. The molecule has 0 aliphatic heterocycles. The monoisotopic (exact) mass is 315 g/mol. The Labute approximate surface area is 136 Å². The minimum absolute atomic E-state index is 0.0908. The van der Waals surface area contributed by atoms with Gasteiger partial charge in [-0.3, -0.25) is 4.79 Å². The Kier molecular flexibility index (Phi) is 7.34. The minimum Gasteiger partial charge on any atom is -0.462 e. The van der Waals surface area contributed by atoms with Crippen LogP contribution >= 0.6 is 0 Å². The van der Waals surface area contributed by atoms with Crippen LogP contribution in [0.1, 0.15) is 37.6 Å². The maximum atomic E-state index is 12.1. The smallest absolute Gasteiger partial charge is 0.350 e. The first-order chi connectivity index (χ1) is 11.0. The number of hydrogen-bond donors (Lipinski definition) is 2. The topological polar surface area (TPSA) is 91.2 Å². The zero-order chi connectivity index (χ0) is 17.2. The molecule has 0 saturated carbocycles. The summed E-state index contributed by atoms with van der Waals surface area (Å²) in [5.41, 5.74) is 0.957. The van der Waals surface area contributed by atoms with Gasteiger partial charge in [-0.15, -0.1) is 0 Å². The molecule has 1 amide bonds. The fourth-order valence-electron chi connectivity index (χ4n) is 1.66. The first-order valence-electron chi connectivity index (χ1n) is 7.46. The van der Waals surface area contributed by atoms with Crippen molar-refractivity contribution in [1.82, 2.24) is 5.32 Å². The lowest BCUT2D eigenvalue weighted by atomic mass is 10.1. The van der Waals surface area contributed by atoms with Crippen LogP contribution in [-0.2, 0) is 9.53 Å². The van der Waals surface area contributed by atoms with E-state index in [1.54, 1.807) is 37.3 Å². The van der Waals surface area contributed by atoms with Crippen LogP contribution < -0.4 is 10.6 Å². The molecule has 122 valence electrons. The van der Waals surface area contributed by atoms with Gasteiger partial charge >= 0.3 is 5.97 Å². The molecule has 2 N–H and O–H groups in total. The number of benzene rings is 1. The molecule has 1 unspecified atom stereocenters. The van der Waals surface area contributed by atoms with E-state index in [2.05, 4.69) is 10.6 Å². The number of carbonyl (C=O) groups is 2. The maximum Gasteiger partial charge on any atom is 0.350 e. The SMILES string of the molecule is CCOC(=O)/C(C#N)=C\Nc1cccc(C(=O)NC(C)CC)c1. The molecule has 1 rings (SSSR count). The van der Waals surface area contributed by atoms with E-state index in [4.69, 9.17) is 10.00 Å². The van der Waals surface area contributed by atoms with E-state index >= 15 is 0 Å². The highest BCUT2D eigenvalue weighted by molar-refractivity contribution is 5.95. The fraction of sp³-hybridized carbons (Fsp3) is 0.353. The van der Waals surface area contributed by atoms with Crippen LogP contribution in [0, 0.1) is 11.3 Å². The van der Waals surface area contributed by atoms with Gasteiger partial charge in [0.25, 0.3) is 5.91 Å². The number of hydrogen-bond acceptors (Lipinski definition) is 5. The molecule has 1 aromatic carbocycles. The number of ether oxygens (including phenoxy) is 1. The molecule has 6 nitrogen and oxygen atoms in total. The summed E-state index contributed by atoms with van der Waals surface area (Å²) in [6.07, 6.45) is 2.11. The van der Waals surface area contributed by atoms with E-state index in [-0.39, 0.29) is 24.1 Å². The summed E-state index contributed by atoms with van der Waals surface area (Å²) in [7, 11) is 0. The van der Waals surface area contributed by atoms with Crippen molar-refractivity contribution in [3.05, 3.63) is 41.6 Å². The van der Waals surface area contributed by atoms with Gasteiger partial charge in [-0.05, 0) is 38.5 Å². The lowest BCUT2D eigenvalue weighted by Crippen LogP contribution is -2.31. The number of nitrogens with zero attached hydrogens (tertiary/aromatic N) is 1. The molecule has 0 heterocycles. The number of carbonyl (C=O) groups excluding carboxylic acids is 2.